The molecule has 0 amide bonds. The Morgan fingerprint density at radius 3 is 2.61 bits per heavy atom. The summed E-state index contributed by atoms with van der Waals surface area (Å²) in [6, 6.07) is 1.27. The van der Waals surface area contributed by atoms with E-state index >= 15 is 0 Å². The lowest BCUT2D eigenvalue weighted by atomic mass is 9.64. The van der Waals surface area contributed by atoms with Gasteiger partial charge in [0.1, 0.15) is 0 Å². The summed E-state index contributed by atoms with van der Waals surface area (Å²) in [7, 11) is 1.83. The molecule has 0 aromatic carbocycles. The summed E-state index contributed by atoms with van der Waals surface area (Å²) in [6.07, 6.45) is 7.89. The van der Waals surface area contributed by atoms with Gasteiger partial charge in [0, 0.05) is 31.2 Å². The van der Waals surface area contributed by atoms with Crippen LogP contribution in [0.25, 0.3) is 0 Å². The predicted molar refractivity (Wildman–Crippen MR) is 71.7 cm³/mol. The molecule has 104 valence electrons. The maximum absolute atomic E-state index is 5.99. The number of hydrogen-bond donors (Lipinski definition) is 1. The Labute approximate surface area is 111 Å². The van der Waals surface area contributed by atoms with E-state index in [1.54, 1.807) is 0 Å². The molecule has 1 heterocycles. The van der Waals surface area contributed by atoms with Crippen molar-refractivity contribution in [3.63, 3.8) is 0 Å². The third kappa shape index (κ3) is 2.00. The van der Waals surface area contributed by atoms with Gasteiger partial charge in [0.05, 0.1) is 11.7 Å². The van der Waals surface area contributed by atoms with Crippen molar-refractivity contribution < 1.29 is 9.47 Å². The fourth-order valence-corrected chi connectivity index (χ4v) is 3.94. The molecule has 2 aliphatic carbocycles. The van der Waals surface area contributed by atoms with Crippen molar-refractivity contribution in [3.8, 4) is 0 Å². The van der Waals surface area contributed by atoms with Crippen molar-refractivity contribution in [2.75, 3.05) is 13.7 Å². The van der Waals surface area contributed by atoms with Crippen molar-refractivity contribution >= 4 is 0 Å². The van der Waals surface area contributed by atoms with E-state index < -0.39 is 0 Å². The summed E-state index contributed by atoms with van der Waals surface area (Å²) in [5.41, 5.74) is 0.532. The molecular weight excluding hydrogens is 226 g/mol. The van der Waals surface area contributed by atoms with Crippen molar-refractivity contribution in [3.05, 3.63) is 0 Å². The van der Waals surface area contributed by atoms with Crippen LogP contribution in [0, 0.1) is 5.41 Å². The maximum atomic E-state index is 5.99. The van der Waals surface area contributed by atoms with Crippen LogP contribution in [0.4, 0.5) is 0 Å². The molecule has 3 unspecified atom stereocenters. The molecular formula is C15H27NO2. The van der Waals surface area contributed by atoms with Crippen molar-refractivity contribution in [1.82, 2.24) is 5.32 Å². The minimum Gasteiger partial charge on any atom is -0.381 e. The third-order valence-electron chi connectivity index (χ3n) is 5.66. The molecule has 0 bridgehead atoms. The fourth-order valence-electron chi connectivity index (χ4n) is 3.94. The minimum atomic E-state index is 0.254. The van der Waals surface area contributed by atoms with Gasteiger partial charge in [-0.25, -0.2) is 0 Å². The molecule has 3 aliphatic rings. The van der Waals surface area contributed by atoms with E-state index in [2.05, 4.69) is 19.2 Å². The van der Waals surface area contributed by atoms with Crippen LogP contribution in [0.5, 0.6) is 0 Å². The topological polar surface area (TPSA) is 30.5 Å². The zero-order chi connectivity index (χ0) is 12.8. The van der Waals surface area contributed by atoms with E-state index in [0.717, 1.165) is 13.0 Å². The highest BCUT2D eigenvalue weighted by Crippen LogP contribution is 2.45. The van der Waals surface area contributed by atoms with Crippen LogP contribution in [-0.4, -0.2) is 37.5 Å². The lowest BCUT2D eigenvalue weighted by Gasteiger charge is -2.54. The monoisotopic (exact) mass is 253 g/mol. The van der Waals surface area contributed by atoms with Crippen LogP contribution < -0.4 is 5.32 Å². The number of hydrogen-bond acceptors (Lipinski definition) is 3. The standard InChI is InChI=1S/C15H27NO2/c1-14(2)12(9-13(14)17-3)16-11-5-8-18-15(10-11)6-4-7-15/h11-13,16H,4-10H2,1-3H3. The number of rotatable bonds is 3. The summed E-state index contributed by atoms with van der Waals surface area (Å²) in [5, 5.41) is 3.87. The zero-order valence-electron chi connectivity index (χ0n) is 12.0. The van der Waals surface area contributed by atoms with E-state index in [1.807, 2.05) is 7.11 Å². The van der Waals surface area contributed by atoms with Crippen molar-refractivity contribution in [1.29, 1.82) is 0 Å². The molecule has 1 saturated heterocycles. The van der Waals surface area contributed by atoms with Crippen LogP contribution in [-0.2, 0) is 9.47 Å². The predicted octanol–water partition coefficient (Wildman–Crippen LogP) is 2.49. The van der Waals surface area contributed by atoms with Gasteiger partial charge in [0.15, 0.2) is 0 Å². The summed E-state index contributed by atoms with van der Waals surface area (Å²) < 4.78 is 11.5. The van der Waals surface area contributed by atoms with Gasteiger partial charge in [-0.1, -0.05) is 13.8 Å². The van der Waals surface area contributed by atoms with Crippen LogP contribution in [0.15, 0.2) is 0 Å². The highest BCUT2D eigenvalue weighted by molar-refractivity contribution is 5.05. The van der Waals surface area contributed by atoms with Gasteiger partial charge in [-0.3, -0.25) is 0 Å². The fraction of sp³-hybridized carbons (Fsp3) is 1.00. The molecule has 1 N–H and O–H groups in total. The highest BCUT2D eigenvalue weighted by Gasteiger charge is 2.50. The molecule has 3 heteroatoms. The molecule has 2 saturated carbocycles. The molecule has 0 radical (unpaired) electrons. The smallest absolute Gasteiger partial charge is 0.0697 e. The van der Waals surface area contributed by atoms with Gasteiger partial charge in [0.2, 0.25) is 0 Å². The third-order valence-corrected chi connectivity index (χ3v) is 5.66. The van der Waals surface area contributed by atoms with E-state index in [-0.39, 0.29) is 11.0 Å². The van der Waals surface area contributed by atoms with Crippen LogP contribution in [0.1, 0.15) is 52.4 Å². The second-order valence-electron chi connectivity index (χ2n) is 7.08. The zero-order valence-corrected chi connectivity index (χ0v) is 12.0. The van der Waals surface area contributed by atoms with E-state index in [1.165, 1.54) is 32.1 Å². The van der Waals surface area contributed by atoms with Gasteiger partial charge in [0.25, 0.3) is 0 Å². The average molecular weight is 253 g/mol. The molecule has 3 fully saturated rings. The van der Waals surface area contributed by atoms with Crippen molar-refractivity contribution in [2.45, 2.75) is 76.2 Å². The first-order valence-electron chi connectivity index (χ1n) is 7.49. The minimum absolute atomic E-state index is 0.254. The second-order valence-corrected chi connectivity index (χ2v) is 7.08. The SMILES string of the molecule is COC1CC(NC2CCOC3(CCC3)C2)C1(C)C. The molecule has 18 heavy (non-hydrogen) atoms. The lowest BCUT2D eigenvalue weighted by Crippen LogP contribution is -2.64. The molecule has 3 nitrogen and oxygen atoms in total. The summed E-state index contributed by atoms with van der Waals surface area (Å²) in [4.78, 5) is 0. The summed E-state index contributed by atoms with van der Waals surface area (Å²) >= 11 is 0. The normalized spacial score (nSPS) is 41.2. The quantitative estimate of drug-likeness (QED) is 0.838. The molecule has 3 atom stereocenters. The number of methoxy groups -OCH3 is 1. The van der Waals surface area contributed by atoms with E-state index in [4.69, 9.17) is 9.47 Å². The largest absolute Gasteiger partial charge is 0.381 e. The first kappa shape index (κ1) is 12.9. The van der Waals surface area contributed by atoms with Gasteiger partial charge in [-0.2, -0.15) is 0 Å². The molecule has 0 aromatic heterocycles. The lowest BCUT2D eigenvalue weighted by molar-refractivity contribution is -0.146. The first-order valence-corrected chi connectivity index (χ1v) is 7.49. The molecule has 1 spiro atoms. The van der Waals surface area contributed by atoms with Gasteiger partial charge in [-0.15, -0.1) is 0 Å². The van der Waals surface area contributed by atoms with Crippen LogP contribution >= 0.6 is 0 Å². The molecule has 3 rings (SSSR count). The maximum Gasteiger partial charge on any atom is 0.0697 e. The molecule has 0 aromatic rings. The summed E-state index contributed by atoms with van der Waals surface area (Å²) in [5.74, 6) is 0. The Bertz CT molecular complexity index is 312. The second kappa shape index (κ2) is 4.46. The highest BCUT2D eigenvalue weighted by atomic mass is 16.5. The summed E-state index contributed by atoms with van der Waals surface area (Å²) in [6.45, 7) is 5.58. The Morgan fingerprint density at radius 1 is 1.28 bits per heavy atom. The average Bonchev–Trinajstić information content (AvgIpc) is 2.32. The number of nitrogens with one attached hydrogen (secondary N) is 1. The Balaban J connectivity index is 1.54. The Morgan fingerprint density at radius 2 is 2.06 bits per heavy atom. The van der Waals surface area contributed by atoms with Crippen LogP contribution in [0.3, 0.4) is 0 Å². The molecule has 1 aliphatic heterocycles. The van der Waals surface area contributed by atoms with Crippen LogP contribution in [0.2, 0.25) is 0 Å². The van der Waals surface area contributed by atoms with Gasteiger partial charge < -0.3 is 14.8 Å². The van der Waals surface area contributed by atoms with Crippen molar-refractivity contribution in [2.24, 2.45) is 5.41 Å². The van der Waals surface area contributed by atoms with Gasteiger partial charge in [-0.05, 0) is 38.5 Å². The first-order chi connectivity index (χ1) is 8.56. The Kier molecular flexibility index (Phi) is 3.20. The number of ether oxygens (including phenoxy) is 2. The van der Waals surface area contributed by atoms with E-state index in [0.29, 0.717) is 18.2 Å². The van der Waals surface area contributed by atoms with Gasteiger partial charge >= 0.3 is 0 Å². The van der Waals surface area contributed by atoms with E-state index in [9.17, 15) is 0 Å². The Hall–Kier alpha value is -0.120.